The van der Waals surface area contributed by atoms with Gasteiger partial charge in [-0.2, -0.15) is 0 Å². The molecule has 18 heavy (non-hydrogen) atoms. The zero-order chi connectivity index (χ0) is 13.3. The third kappa shape index (κ3) is 2.69. The summed E-state index contributed by atoms with van der Waals surface area (Å²) in [6.07, 6.45) is 2.55. The van der Waals surface area contributed by atoms with Crippen molar-refractivity contribution in [2.24, 2.45) is 11.7 Å². The molecule has 1 unspecified atom stereocenters. The van der Waals surface area contributed by atoms with Gasteiger partial charge in [-0.1, -0.05) is 26.1 Å². The lowest BCUT2D eigenvalue weighted by molar-refractivity contribution is 0.491. The number of rotatable bonds is 3. The largest absolute Gasteiger partial charge is 0.389 e. The Balaban J connectivity index is 2.31. The monoisotopic (exact) mass is 326 g/mol. The summed E-state index contributed by atoms with van der Waals surface area (Å²) < 4.78 is 1.08. The van der Waals surface area contributed by atoms with E-state index in [0.29, 0.717) is 16.9 Å². The van der Waals surface area contributed by atoms with Crippen LogP contribution < -0.4 is 10.6 Å². The van der Waals surface area contributed by atoms with Gasteiger partial charge in [0.1, 0.15) is 4.99 Å². The SMILES string of the molecule is CC(C)C1CCCN1c1ccc(C(N)=S)cc1Br. The minimum Gasteiger partial charge on any atom is -0.389 e. The molecule has 98 valence electrons. The van der Waals surface area contributed by atoms with Crippen LogP contribution in [0.5, 0.6) is 0 Å². The Bertz CT molecular complexity index is 459. The first-order chi connectivity index (χ1) is 8.50. The Kier molecular flexibility index (Phi) is 4.28. The first kappa shape index (κ1) is 13.8. The molecule has 2 N–H and O–H groups in total. The highest BCUT2D eigenvalue weighted by molar-refractivity contribution is 9.10. The lowest BCUT2D eigenvalue weighted by atomic mass is 10.0. The number of nitrogens with zero attached hydrogens (tertiary/aromatic N) is 1. The molecule has 1 aliphatic rings. The Morgan fingerprint density at radius 1 is 1.50 bits per heavy atom. The topological polar surface area (TPSA) is 29.3 Å². The van der Waals surface area contributed by atoms with E-state index in [-0.39, 0.29) is 0 Å². The van der Waals surface area contributed by atoms with Gasteiger partial charge >= 0.3 is 0 Å². The van der Waals surface area contributed by atoms with Gasteiger partial charge in [0, 0.05) is 22.6 Å². The van der Waals surface area contributed by atoms with Crippen molar-refractivity contribution in [2.75, 3.05) is 11.4 Å². The fraction of sp³-hybridized carbons (Fsp3) is 0.500. The van der Waals surface area contributed by atoms with Crippen LogP contribution in [-0.4, -0.2) is 17.6 Å². The Labute approximate surface area is 123 Å². The molecule has 1 aromatic carbocycles. The summed E-state index contributed by atoms with van der Waals surface area (Å²) in [6, 6.07) is 6.79. The molecule has 1 aromatic rings. The first-order valence-electron chi connectivity index (χ1n) is 6.36. The lowest BCUT2D eigenvalue weighted by Crippen LogP contribution is -2.33. The van der Waals surface area contributed by atoms with Crippen LogP contribution >= 0.6 is 28.1 Å². The van der Waals surface area contributed by atoms with E-state index in [1.54, 1.807) is 0 Å². The second kappa shape index (κ2) is 5.57. The van der Waals surface area contributed by atoms with E-state index in [4.69, 9.17) is 18.0 Å². The van der Waals surface area contributed by atoms with Crippen molar-refractivity contribution in [3.63, 3.8) is 0 Å². The molecule has 2 nitrogen and oxygen atoms in total. The quantitative estimate of drug-likeness (QED) is 0.858. The lowest BCUT2D eigenvalue weighted by Gasteiger charge is -2.30. The predicted octanol–water partition coefficient (Wildman–Crippen LogP) is 3.71. The molecule has 1 saturated heterocycles. The highest BCUT2D eigenvalue weighted by atomic mass is 79.9. The van der Waals surface area contributed by atoms with Gasteiger partial charge in [0.25, 0.3) is 0 Å². The molecule has 0 spiro atoms. The first-order valence-corrected chi connectivity index (χ1v) is 7.57. The highest BCUT2D eigenvalue weighted by Gasteiger charge is 2.28. The molecule has 0 saturated carbocycles. The van der Waals surface area contributed by atoms with E-state index in [1.165, 1.54) is 18.5 Å². The van der Waals surface area contributed by atoms with E-state index < -0.39 is 0 Å². The van der Waals surface area contributed by atoms with Gasteiger partial charge in [-0.25, -0.2) is 0 Å². The van der Waals surface area contributed by atoms with Gasteiger partial charge < -0.3 is 10.6 Å². The molecule has 2 rings (SSSR count). The van der Waals surface area contributed by atoms with Crippen molar-refractivity contribution < 1.29 is 0 Å². The Morgan fingerprint density at radius 3 is 2.78 bits per heavy atom. The molecule has 1 heterocycles. The number of hydrogen-bond donors (Lipinski definition) is 1. The third-order valence-electron chi connectivity index (χ3n) is 3.61. The van der Waals surface area contributed by atoms with Gasteiger partial charge in [0.2, 0.25) is 0 Å². The van der Waals surface area contributed by atoms with Gasteiger partial charge in [-0.3, -0.25) is 0 Å². The van der Waals surface area contributed by atoms with Crippen molar-refractivity contribution in [2.45, 2.75) is 32.7 Å². The van der Waals surface area contributed by atoms with E-state index in [2.05, 4.69) is 40.7 Å². The smallest absolute Gasteiger partial charge is 0.104 e. The van der Waals surface area contributed by atoms with E-state index >= 15 is 0 Å². The second-order valence-corrected chi connectivity index (χ2v) is 6.47. The number of nitrogens with two attached hydrogens (primary N) is 1. The minimum absolute atomic E-state index is 0.448. The van der Waals surface area contributed by atoms with Crippen LogP contribution in [0.25, 0.3) is 0 Å². The van der Waals surface area contributed by atoms with Crippen molar-refractivity contribution in [1.82, 2.24) is 0 Å². The van der Waals surface area contributed by atoms with Crippen molar-refractivity contribution in [1.29, 1.82) is 0 Å². The van der Waals surface area contributed by atoms with Gasteiger partial charge in [-0.15, -0.1) is 0 Å². The summed E-state index contributed by atoms with van der Waals surface area (Å²) >= 11 is 8.65. The fourth-order valence-electron chi connectivity index (χ4n) is 2.68. The summed E-state index contributed by atoms with van der Waals surface area (Å²) in [5.74, 6) is 0.676. The Morgan fingerprint density at radius 2 is 2.22 bits per heavy atom. The van der Waals surface area contributed by atoms with Gasteiger partial charge in [0.05, 0.1) is 5.69 Å². The van der Waals surface area contributed by atoms with Crippen LogP contribution in [0.3, 0.4) is 0 Å². The highest BCUT2D eigenvalue weighted by Crippen LogP contribution is 2.35. The summed E-state index contributed by atoms with van der Waals surface area (Å²) in [4.78, 5) is 2.95. The van der Waals surface area contributed by atoms with Gasteiger partial charge in [0.15, 0.2) is 0 Å². The molecule has 0 aromatic heterocycles. The molecular formula is C14H19BrN2S. The fourth-order valence-corrected chi connectivity index (χ4v) is 3.41. The average Bonchev–Trinajstić information content (AvgIpc) is 2.77. The van der Waals surface area contributed by atoms with Crippen molar-refractivity contribution in [3.05, 3.63) is 28.2 Å². The minimum atomic E-state index is 0.448. The van der Waals surface area contributed by atoms with E-state index in [9.17, 15) is 0 Å². The summed E-state index contributed by atoms with van der Waals surface area (Å²) in [7, 11) is 0. The summed E-state index contributed by atoms with van der Waals surface area (Å²) in [6.45, 7) is 5.72. The van der Waals surface area contributed by atoms with Crippen molar-refractivity contribution in [3.8, 4) is 0 Å². The summed E-state index contributed by atoms with van der Waals surface area (Å²) in [5, 5.41) is 0. The maximum atomic E-state index is 5.66. The van der Waals surface area contributed by atoms with E-state index in [0.717, 1.165) is 16.6 Å². The molecule has 0 radical (unpaired) electrons. The normalized spacial score (nSPS) is 19.6. The van der Waals surface area contributed by atoms with Crippen LogP contribution in [0.15, 0.2) is 22.7 Å². The molecule has 4 heteroatoms. The molecular weight excluding hydrogens is 308 g/mol. The van der Waals surface area contributed by atoms with Crippen LogP contribution in [0.1, 0.15) is 32.3 Å². The standard InChI is InChI=1S/C14H19BrN2S/c1-9(2)12-4-3-7-17(12)13-6-5-10(14(16)18)8-11(13)15/h5-6,8-9,12H,3-4,7H2,1-2H3,(H2,16,18). The molecule has 0 amide bonds. The maximum absolute atomic E-state index is 5.66. The Hall–Kier alpha value is -0.610. The second-order valence-electron chi connectivity index (χ2n) is 5.18. The number of hydrogen-bond acceptors (Lipinski definition) is 2. The average molecular weight is 327 g/mol. The van der Waals surface area contributed by atoms with Gasteiger partial charge in [-0.05, 0) is 52.9 Å². The third-order valence-corrected chi connectivity index (χ3v) is 4.48. The summed E-state index contributed by atoms with van der Waals surface area (Å²) in [5.41, 5.74) is 7.83. The number of halogens is 1. The van der Waals surface area contributed by atoms with Crippen LogP contribution in [-0.2, 0) is 0 Å². The molecule has 0 aliphatic carbocycles. The molecule has 1 fully saturated rings. The number of benzene rings is 1. The maximum Gasteiger partial charge on any atom is 0.104 e. The van der Waals surface area contributed by atoms with E-state index in [1.807, 2.05) is 12.1 Å². The molecule has 1 atom stereocenters. The van der Waals surface area contributed by atoms with Crippen molar-refractivity contribution >= 4 is 38.8 Å². The van der Waals surface area contributed by atoms with Crippen LogP contribution in [0.4, 0.5) is 5.69 Å². The number of thiocarbonyl (C=S) groups is 1. The molecule has 1 aliphatic heterocycles. The molecule has 0 bridgehead atoms. The zero-order valence-corrected chi connectivity index (χ0v) is 13.2. The number of anilines is 1. The van der Waals surface area contributed by atoms with Crippen LogP contribution in [0.2, 0.25) is 0 Å². The predicted molar refractivity (Wildman–Crippen MR) is 85.2 cm³/mol. The van der Waals surface area contributed by atoms with Crippen LogP contribution in [0, 0.1) is 5.92 Å². The zero-order valence-electron chi connectivity index (χ0n) is 10.8.